The molecule has 1 aliphatic heterocycles. The third-order valence-corrected chi connectivity index (χ3v) is 3.55. The van der Waals surface area contributed by atoms with Crippen LogP contribution in [0.3, 0.4) is 0 Å². The highest BCUT2D eigenvalue weighted by Crippen LogP contribution is 2.23. The van der Waals surface area contributed by atoms with Gasteiger partial charge in [0.2, 0.25) is 0 Å². The number of hydrogen-bond acceptors (Lipinski definition) is 3. The first-order valence-corrected chi connectivity index (χ1v) is 7.86. The van der Waals surface area contributed by atoms with Gasteiger partial charge >= 0.3 is 0 Å². The van der Waals surface area contributed by atoms with E-state index in [4.69, 9.17) is 9.47 Å². The van der Waals surface area contributed by atoms with Gasteiger partial charge in [-0.3, -0.25) is 4.99 Å². The Morgan fingerprint density at radius 3 is 2.67 bits per heavy atom. The zero-order chi connectivity index (χ0) is 14.7. The number of hydrogen-bond donors (Lipinski definition) is 2. The molecule has 2 N–H and O–H groups in total. The molecule has 0 aromatic carbocycles. The summed E-state index contributed by atoms with van der Waals surface area (Å²) in [6.45, 7) is 8.57. The standard InChI is InChI=1S/C15H31N3O2.HI/c1-4-5-10-19-11-7-9-17-14(16-3)18-13-15(2)8-6-12-20-15;/h4-13H2,1-3H3,(H2,16,17,18);1H. The van der Waals surface area contributed by atoms with Gasteiger partial charge in [0.1, 0.15) is 0 Å². The summed E-state index contributed by atoms with van der Waals surface area (Å²) >= 11 is 0. The predicted octanol–water partition coefficient (Wildman–Crippen LogP) is 2.55. The number of ether oxygens (including phenoxy) is 2. The molecule has 1 unspecified atom stereocenters. The number of guanidine groups is 1. The topological polar surface area (TPSA) is 54.9 Å². The second kappa shape index (κ2) is 12.5. The van der Waals surface area contributed by atoms with Gasteiger partial charge in [0.15, 0.2) is 5.96 Å². The van der Waals surface area contributed by atoms with Crippen molar-refractivity contribution in [3.63, 3.8) is 0 Å². The number of halogens is 1. The summed E-state index contributed by atoms with van der Waals surface area (Å²) in [6.07, 6.45) is 5.60. The van der Waals surface area contributed by atoms with Crippen LogP contribution in [0.5, 0.6) is 0 Å². The second-order valence-electron chi connectivity index (χ2n) is 5.57. The number of nitrogens with zero attached hydrogens (tertiary/aromatic N) is 1. The van der Waals surface area contributed by atoms with E-state index >= 15 is 0 Å². The highest BCUT2D eigenvalue weighted by atomic mass is 127. The van der Waals surface area contributed by atoms with Crippen molar-refractivity contribution in [2.45, 2.75) is 51.6 Å². The van der Waals surface area contributed by atoms with E-state index in [1.165, 1.54) is 6.42 Å². The summed E-state index contributed by atoms with van der Waals surface area (Å²) < 4.78 is 11.3. The molecule has 0 spiro atoms. The minimum absolute atomic E-state index is 0. The van der Waals surface area contributed by atoms with Crippen molar-refractivity contribution in [3.05, 3.63) is 0 Å². The summed E-state index contributed by atoms with van der Waals surface area (Å²) in [6, 6.07) is 0. The Morgan fingerprint density at radius 1 is 1.29 bits per heavy atom. The Labute approximate surface area is 146 Å². The average molecular weight is 413 g/mol. The van der Waals surface area contributed by atoms with Crippen LogP contribution in [0.2, 0.25) is 0 Å². The largest absolute Gasteiger partial charge is 0.381 e. The van der Waals surface area contributed by atoms with Crippen LogP contribution in [0.4, 0.5) is 0 Å². The van der Waals surface area contributed by atoms with Gasteiger partial charge in [0.25, 0.3) is 0 Å². The fraction of sp³-hybridized carbons (Fsp3) is 0.933. The van der Waals surface area contributed by atoms with Crippen molar-refractivity contribution < 1.29 is 9.47 Å². The Morgan fingerprint density at radius 2 is 2.05 bits per heavy atom. The Bertz CT molecular complexity index is 282. The van der Waals surface area contributed by atoms with Gasteiger partial charge in [-0.05, 0) is 32.6 Å². The lowest BCUT2D eigenvalue weighted by molar-refractivity contribution is 0.0242. The second-order valence-corrected chi connectivity index (χ2v) is 5.57. The van der Waals surface area contributed by atoms with Crippen molar-refractivity contribution in [1.29, 1.82) is 0 Å². The molecule has 0 saturated carbocycles. The molecule has 0 radical (unpaired) electrons. The van der Waals surface area contributed by atoms with E-state index in [0.717, 1.165) is 64.6 Å². The Kier molecular flexibility index (Phi) is 12.4. The van der Waals surface area contributed by atoms with Crippen molar-refractivity contribution in [3.8, 4) is 0 Å². The van der Waals surface area contributed by atoms with Crippen LogP contribution in [-0.2, 0) is 9.47 Å². The molecule has 126 valence electrons. The maximum Gasteiger partial charge on any atom is 0.191 e. The zero-order valence-electron chi connectivity index (χ0n) is 13.7. The zero-order valence-corrected chi connectivity index (χ0v) is 16.1. The van der Waals surface area contributed by atoms with Crippen LogP contribution in [0.1, 0.15) is 46.0 Å². The summed E-state index contributed by atoms with van der Waals surface area (Å²) in [5, 5.41) is 6.64. The van der Waals surface area contributed by atoms with Gasteiger partial charge in [-0.2, -0.15) is 0 Å². The quantitative estimate of drug-likeness (QED) is 0.264. The van der Waals surface area contributed by atoms with E-state index in [1.807, 2.05) is 0 Å². The van der Waals surface area contributed by atoms with Gasteiger partial charge in [-0.25, -0.2) is 0 Å². The number of aliphatic imine (C=N–C) groups is 1. The molecule has 0 aromatic rings. The summed E-state index contributed by atoms with van der Waals surface area (Å²) in [5.74, 6) is 0.843. The third kappa shape index (κ3) is 9.52. The van der Waals surface area contributed by atoms with Gasteiger partial charge in [0, 0.05) is 40.0 Å². The van der Waals surface area contributed by atoms with Crippen molar-refractivity contribution in [2.24, 2.45) is 4.99 Å². The average Bonchev–Trinajstić information content (AvgIpc) is 2.88. The lowest BCUT2D eigenvalue weighted by Crippen LogP contribution is -2.45. The van der Waals surface area contributed by atoms with Crippen LogP contribution in [0.15, 0.2) is 4.99 Å². The SMILES string of the molecule is CCCCOCCCNC(=NC)NCC1(C)CCCO1.I. The number of nitrogens with one attached hydrogen (secondary N) is 2. The van der Waals surface area contributed by atoms with E-state index in [-0.39, 0.29) is 29.6 Å². The first-order valence-electron chi connectivity index (χ1n) is 7.86. The summed E-state index contributed by atoms with van der Waals surface area (Å²) in [7, 11) is 1.80. The summed E-state index contributed by atoms with van der Waals surface area (Å²) in [5.41, 5.74) is -0.0408. The van der Waals surface area contributed by atoms with Crippen LogP contribution in [0, 0.1) is 0 Å². The molecule has 1 heterocycles. The van der Waals surface area contributed by atoms with Crippen molar-refractivity contribution in [2.75, 3.05) is 40.0 Å². The molecule has 0 amide bonds. The van der Waals surface area contributed by atoms with E-state index in [0.29, 0.717) is 0 Å². The lowest BCUT2D eigenvalue weighted by atomic mass is 10.0. The maximum atomic E-state index is 5.75. The molecule has 0 bridgehead atoms. The number of unbranched alkanes of at least 4 members (excludes halogenated alkanes) is 1. The van der Waals surface area contributed by atoms with E-state index < -0.39 is 0 Å². The minimum Gasteiger partial charge on any atom is -0.381 e. The fourth-order valence-corrected chi connectivity index (χ4v) is 2.20. The molecule has 5 nitrogen and oxygen atoms in total. The Hall–Kier alpha value is -0.0800. The molecule has 0 aliphatic carbocycles. The molecule has 0 aromatic heterocycles. The molecule has 1 aliphatic rings. The van der Waals surface area contributed by atoms with Crippen LogP contribution < -0.4 is 10.6 Å². The highest BCUT2D eigenvalue weighted by Gasteiger charge is 2.29. The summed E-state index contributed by atoms with van der Waals surface area (Å²) in [4.78, 5) is 4.23. The van der Waals surface area contributed by atoms with Gasteiger partial charge < -0.3 is 20.1 Å². The lowest BCUT2D eigenvalue weighted by Gasteiger charge is -2.24. The molecule has 1 atom stereocenters. The third-order valence-electron chi connectivity index (χ3n) is 3.55. The van der Waals surface area contributed by atoms with Gasteiger partial charge in [-0.15, -0.1) is 24.0 Å². The molecule has 1 saturated heterocycles. The molecule has 1 fully saturated rings. The molecule has 1 rings (SSSR count). The maximum absolute atomic E-state index is 5.75. The first-order chi connectivity index (χ1) is 9.70. The van der Waals surface area contributed by atoms with Crippen molar-refractivity contribution in [1.82, 2.24) is 10.6 Å². The van der Waals surface area contributed by atoms with Gasteiger partial charge in [-0.1, -0.05) is 13.3 Å². The monoisotopic (exact) mass is 413 g/mol. The van der Waals surface area contributed by atoms with E-state index in [2.05, 4.69) is 29.5 Å². The fourth-order valence-electron chi connectivity index (χ4n) is 2.20. The minimum atomic E-state index is -0.0408. The molecular formula is C15H32IN3O2. The number of rotatable bonds is 9. The molecule has 21 heavy (non-hydrogen) atoms. The van der Waals surface area contributed by atoms with Crippen molar-refractivity contribution >= 4 is 29.9 Å². The molecule has 6 heteroatoms. The van der Waals surface area contributed by atoms with Crippen LogP contribution in [0.25, 0.3) is 0 Å². The molecular weight excluding hydrogens is 381 g/mol. The smallest absolute Gasteiger partial charge is 0.191 e. The Balaban J connectivity index is 0.00000400. The van der Waals surface area contributed by atoms with E-state index in [9.17, 15) is 0 Å². The normalized spacial score (nSPS) is 22.0. The highest BCUT2D eigenvalue weighted by molar-refractivity contribution is 14.0. The first kappa shape index (κ1) is 20.9. The van der Waals surface area contributed by atoms with Crippen LogP contribution >= 0.6 is 24.0 Å². The van der Waals surface area contributed by atoms with Crippen LogP contribution in [-0.4, -0.2) is 51.5 Å². The predicted molar refractivity (Wildman–Crippen MR) is 98.7 cm³/mol. The van der Waals surface area contributed by atoms with Gasteiger partial charge in [0.05, 0.1) is 5.60 Å². The van der Waals surface area contributed by atoms with E-state index in [1.54, 1.807) is 7.05 Å².